The van der Waals surface area contributed by atoms with Crippen LogP contribution in [0.15, 0.2) is 12.1 Å². The molecule has 0 amide bonds. The Balaban J connectivity index is 2.50. The van der Waals surface area contributed by atoms with Crippen molar-refractivity contribution >= 4 is 11.6 Å². The predicted octanol–water partition coefficient (Wildman–Crippen LogP) is 3.46. The van der Waals surface area contributed by atoms with E-state index in [0.29, 0.717) is 12.5 Å². The summed E-state index contributed by atoms with van der Waals surface area (Å²) in [6, 6.07) is 4.12. The lowest BCUT2D eigenvalue weighted by molar-refractivity contribution is 0.403. The molecule has 2 nitrogen and oxygen atoms in total. The minimum atomic E-state index is 0.116. The van der Waals surface area contributed by atoms with E-state index in [0.717, 1.165) is 29.2 Å². The summed E-state index contributed by atoms with van der Waals surface area (Å²) in [5.74, 6) is 1.33. The Kier molecular flexibility index (Phi) is 3.37. The quantitative estimate of drug-likeness (QED) is 0.892. The monoisotopic (exact) mass is 253 g/mol. The first kappa shape index (κ1) is 12.7. The van der Waals surface area contributed by atoms with Gasteiger partial charge in [-0.2, -0.15) is 0 Å². The fourth-order valence-electron chi connectivity index (χ4n) is 2.33. The van der Waals surface area contributed by atoms with Gasteiger partial charge in [-0.25, -0.2) is 0 Å². The van der Waals surface area contributed by atoms with E-state index in [1.807, 2.05) is 0 Å². The van der Waals surface area contributed by atoms with Gasteiger partial charge in [-0.05, 0) is 36.5 Å². The van der Waals surface area contributed by atoms with Crippen LogP contribution in [0.1, 0.15) is 43.7 Å². The first-order valence-electron chi connectivity index (χ1n) is 6.12. The molecule has 0 spiro atoms. The van der Waals surface area contributed by atoms with E-state index in [4.69, 9.17) is 22.1 Å². The molecule has 2 rings (SSSR count). The maximum absolute atomic E-state index is 6.35. The topological polar surface area (TPSA) is 35.2 Å². The molecule has 1 aromatic rings. The van der Waals surface area contributed by atoms with Crippen LogP contribution in [0.3, 0.4) is 0 Å². The lowest BCUT2D eigenvalue weighted by Gasteiger charge is -2.20. The van der Waals surface area contributed by atoms with Gasteiger partial charge >= 0.3 is 0 Å². The van der Waals surface area contributed by atoms with Gasteiger partial charge in [0.1, 0.15) is 5.75 Å². The Labute approximate surface area is 108 Å². The fraction of sp³-hybridized carbons (Fsp3) is 0.571. The van der Waals surface area contributed by atoms with Gasteiger partial charge in [0.05, 0.1) is 7.11 Å². The van der Waals surface area contributed by atoms with E-state index in [1.165, 1.54) is 5.56 Å². The molecule has 1 aliphatic rings. The van der Waals surface area contributed by atoms with Gasteiger partial charge in [-0.3, -0.25) is 0 Å². The van der Waals surface area contributed by atoms with Crippen molar-refractivity contribution in [3.05, 3.63) is 28.3 Å². The zero-order valence-electron chi connectivity index (χ0n) is 10.7. The molecule has 0 atom stereocenters. The highest BCUT2D eigenvalue weighted by molar-refractivity contribution is 6.31. The molecule has 0 saturated heterocycles. The van der Waals surface area contributed by atoms with E-state index < -0.39 is 0 Å². The zero-order chi connectivity index (χ0) is 12.6. The summed E-state index contributed by atoms with van der Waals surface area (Å²) >= 11 is 6.35. The van der Waals surface area contributed by atoms with E-state index >= 15 is 0 Å². The van der Waals surface area contributed by atoms with Crippen LogP contribution in [0.4, 0.5) is 0 Å². The molecule has 0 unspecified atom stereocenters. The third-order valence-corrected chi connectivity index (χ3v) is 4.08. The summed E-state index contributed by atoms with van der Waals surface area (Å²) < 4.78 is 5.51. The molecular weight excluding hydrogens is 234 g/mol. The number of hydrogen-bond acceptors (Lipinski definition) is 2. The van der Waals surface area contributed by atoms with Crippen molar-refractivity contribution < 1.29 is 4.74 Å². The molecule has 0 radical (unpaired) electrons. The SMILES string of the molecule is COc1cc(C(C)C)c(Cl)cc1C1(CN)CC1. The molecule has 94 valence electrons. The van der Waals surface area contributed by atoms with Crippen molar-refractivity contribution in [3.8, 4) is 5.75 Å². The van der Waals surface area contributed by atoms with E-state index in [-0.39, 0.29) is 5.41 Å². The van der Waals surface area contributed by atoms with Crippen LogP contribution in [0, 0.1) is 0 Å². The molecule has 1 fully saturated rings. The molecule has 2 N–H and O–H groups in total. The third-order valence-electron chi connectivity index (χ3n) is 3.76. The van der Waals surface area contributed by atoms with Crippen LogP contribution in [0.2, 0.25) is 5.02 Å². The maximum Gasteiger partial charge on any atom is 0.123 e. The van der Waals surface area contributed by atoms with E-state index in [1.54, 1.807) is 7.11 Å². The van der Waals surface area contributed by atoms with Crippen molar-refractivity contribution in [2.24, 2.45) is 5.73 Å². The van der Waals surface area contributed by atoms with E-state index in [9.17, 15) is 0 Å². The van der Waals surface area contributed by atoms with Gasteiger partial charge in [0.2, 0.25) is 0 Å². The van der Waals surface area contributed by atoms with Crippen molar-refractivity contribution in [2.45, 2.75) is 38.0 Å². The molecule has 0 aliphatic heterocycles. The molecular formula is C14H20ClNO. The third kappa shape index (κ3) is 2.16. The Morgan fingerprint density at radius 3 is 2.47 bits per heavy atom. The van der Waals surface area contributed by atoms with Crippen LogP contribution in [0.5, 0.6) is 5.75 Å². The maximum atomic E-state index is 6.35. The highest BCUT2D eigenvalue weighted by Crippen LogP contribution is 2.51. The summed E-state index contributed by atoms with van der Waals surface area (Å²) in [7, 11) is 1.71. The highest BCUT2D eigenvalue weighted by atomic mass is 35.5. The van der Waals surface area contributed by atoms with Crippen LogP contribution in [-0.2, 0) is 5.41 Å². The number of ether oxygens (including phenoxy) is 1. The van der Waals surface area contributed by atoms with Crippen LogP contribution < -0.4 is 10.5 Å². The Morgan fingerprint density at radius 1 is 1.41 bits per heavy atom. The molecule has 1 saturated carbocycles. The molecule has 0 heterocycles. The average Bonchev–Trinajstić information content (AvgIpc) is 3.09. The standard InChI is InChI=1S/C14H20ClNO/c1-9(2)10-6-13(17-3)11(7-12(10)15)14(8-16)4-5-14/h6-7,9H,4-5,8,16H2,1-3H3. The van der Waals surface area contributed by atoms with E-state index in [2.05, 4.69) is 26.0 Å². The molecule has 0 aromatic heterocycles. The van der Waals surface area contributed by atoms with Gasteiger partial charge in [0, 0.05) is 22.5 Å². The molecule has 17 heavy (non-hydrogen) atoms. The van der Waals surface area contributed by atoms with Gasteiger partial charge in [0.25, 0.3) is 0 Å². The first-order valence-corrected chi connectivity index (χ1v) is 6.50. The second kappa shape index (κ2) is 4.51. The van der Waals surface area contributed by atoms with Gasteiger partial charge < -0.3 is 10.5 Å². The summed E-state index contributed by atoms with van der Waals surface area (Å²) in [6.45, 7) is 4.94. The number of rotatable bonds is 4. The van der Waals surface area contributed by atoms with Crippen LogP contribution in [-0.4, -0.2) is 13.7 Å². The Bertz CT molecular complexity index is 424. The lowest BCUT2D eigenvalue weighted by Crippen LogP contribution is -2.20. The first-order chi connectivity index (χ1) is 8.04. The smallest absolute Gasteiger partial charge is 0.123 e. The number of nitrogens with two attached hydrogens (primary N) is 1. The highest BCUT2D eigenvalue weighted by Gasteiger charge is 2.45. The zero-order valence-corrected chi connectivity index (χ0v) is 11.5. The van der Waals surface area contributed by atoms with Crippen molar-refractivity contribution in [3.63, 3.8) is 0 Å². The largest absolute Gasteiger partial charge is 0.496 e. The average molecular weight is 254 g/mol. The van der Waals surface area contributed by atoms with Crippen LogP contribution in [0.25, 0.3) is 0 Å². The Morgan fingerprint density at radius 2 is 2.06 bits per heavy atom. The summed E-state index contributed by atoms with van der Waals surface area (Å²) in [5, 5.41) is 0.829. The minimum Gasteiger partial charge on any atom is -0.496 e. The summed E-state index contributed by atoms with van der Waals surface area (Å²) in [5.41, 5.74) is 8.31. The Hall–Kier alpha value is -0.730. The predicted molar refractivity (Wildman–Crippen MR) is 72.1 cm³/mol. The van der Waals surface area contributed by atoms with Crippen molar-refractivity contribution in [1.29, 1.82) is 0 Å². The van der Waals surface area contributed by atoms with Crippen molar-refractivity contribution in [2.75, 3.05) is 13.7 Å². The van der Waals surface area contributed by atoms with Gasteiger partial charge in [0.15, 0.2) is 0 Å². The number of hydrogen-bond donors (Lipinski definition) is 1. The normalized spacial score (nSPS) is 17.3. The van der Waals surface area contributed by atoms with Crippen molar-refractivity contribution in [1.82, 2.24) is 0 Å². The molecule has 1 aromatic carbocycles. The molecule has 3 heteroatoms. The van der Waals surface area contributed by atoms with Gasteiger partial charge in [-0.1, -0.05) is 25.4 Å². The minimum absolute atomic E-state index is 0.116. The second-order valence-corrected chi connectivity index (χ2v) is 5.62. The summed E-state index contributed by atoms with van der Waals surface area (Å²) in [4.78, 5) is 0. The number of benzene rings is 1. The molecule has 1 aliphatic carbocycles. The second-order valence-electron chi connectivity index (χ2n) is 5.21. The van der Waals surface area contributed by atoms with Gasteiger partial charge in [-0.15, -0.1) is 0 Å². The fourth-order valence-corrected chi connectivity index (χ4v) is 2.71. The summed E-state index contributed by atoms with van der Waals surface area (Å²) in [6.07, 6.45) is 2.27. The lowest BCUT2D eigenvalue weighted by atomic mass is 9.91. The van der Waals surface area contributed by atoms with Crippen LogP contribution >= 0.6 is 11.6 Å². The number of halogens is 1. The number of methoxy groups -OCH3 is 1. The molecule has 0 bridgehead atoms.